The van der Waals surface area contributed by atoms with Gasteiger partial charge in [0.05, 0.1) is 18.4 Å². The second kappa shape index (κ2) is 3.29. The summed E-state index contributed by atoms with van der Waals surface area (Å²) in [6.07, 6.45) is 5.47. The third-order valence-corrected chi connectivity index (χ3v) is 3.19. The minimum Gasteiger partial charge on any atom is -0.355 e. The van der Waals surface area contributed by atoms with Gasteiger partial charge in [0, 0.05) is 12.1 Å². The molecule has 0 aromatic rings. The van der Waals surface area contributed by atoms with E-state index in [0.717, 1.165) is 12.8 Å². The van der Waals surface area contributed by atoms with E-state index in [4.69, 9.17) is 5.73 Å². The Labute approximate surface area is 80.0 Å². The predicted molar refractivity (Wildman–Crippen MR) is 54.9 cm³/mol. The van der Waals surface area contributed by atoms with Crippen molar-refractivity contribution in [2.45, 2.75) is 57.3 Å². The fraction of sp³-hybridized carbons (Fsp3) is 0.900. The molecule has 0 amide bonds. The first-order valence-corrected chi connectivity index (χ1v) is 5.25. The molecule has 74 valence electrons. The second-order valence-corrected chi connectivity index (χ2v) is 4.51. The van der Waals surface area contributed by atoms with Crippen LogP contribution in [0.1, 0.15) is 33.1 Å². The fourth-order valence-electron chi connectivity index (χ4n) is 2.43. The van der Waals surface area contributed by atoms with Gasteiger partial charge in [-0.05, 0) is 33.1 Å². The lowest BCUT2D eigenvalue weighted by molar-refractivity contribution is 0.205. The van der Waals surface area contributed by atoms with Gasteiger partial charge in [-0.25, -0.2) is 0 Å². The van der Waals surface area contributed by atoms with Crippen LogP contribution in [0.3, 0.4) is 0 Å². The zero-order valence-electron chi connectivity index (χ0n) is 8.48. The van der Waals surface area contributed by atoms with E-state index in [-0.39, 0.29) is 0 Å². The predicted octanol–water partition coefficient (Wildman–Crippen LogP) is 0.987. The molecule has 3 nitrogen and oxygen atoms in total. The van der Waals surface area contributed by atoms with Crippen molar-refractivity contribution in [3.63, 3.8) is 0 Å². The van der Waals surface area contributed by atoms with Crippen molar-refractivity contribution in [2.75, 3.05) is 0 Å². The monoisotopic (exact) mass is 181 g/mol. The quantitative estimate of drug-likeness (QED) is 0.655. The van der Waals surface area contributed by atoms with Gasteiger partial charge in [0.25, 0.3) is 0 Å². The molecule has 0 aromatic heterocycles. The largest absolute Gasteiger partial charge is 0.355 e. The van der Waals surface area contributed by atoms with Gasteiger partial charge in [-0.15, -0.1) is 0 Å². The average molecular weight is 181 g/mol. The highest BCUT2D eigenvalue weighted by atomic mass is 15.3. The molecule has 2 rings (SSSR count). The van der Waals surface area contributed by atoms with Crippen molar-refractivity contribution < 1.29 is 0 Å². The van der Waals surface area contributed by atoms with Crippen LogP contribution in [0.2, 0.25) is 0 Å². The fourth-order valence-corrected chi connectivity index (χ4v) is 2.43. The van der Waals surface area contributed by atoms with E-state index >= 15 is 0 Å². The van der Waals surface area contributed by atoms with Crippen LogP contribution < -0.4 is 5.73 Å². The Kier molecular flexibility index (Phi) is 2.28. The zero-order chi connectivity index (χ0) is 9.42. The van der Waals surface area contributed by atoms with E-state index in [0.29, 0.717) is 24.2 Å². The maximum atomic E-state index is 5.92. The van der Waals surface area contributed by atoms with Crippen molar-refractivity contribution in [1.29, 1.82) is 0 Å². The summed E-state index contributed by atoms with van der Waals surface area (Å²) in [6.45, 7) is 4.45. The lowest BCUT2D eigenvalue weighted by Gasteiger charge is -2.36. The molecule has 2 N–H and O–H groups in total. The molecule has 1 fully saturated rings. The molecule has 1 aliphatic heterocycles. The summed E-state index contributed by atoms with van der Waals surface area (Å²) >= 11 is 0. The number of hydrogen-bond acceptors (Lipinski definition) is 3. The first kappa shape index (κ1) is 9.00. The third kappa shape index (κ3) is 1.57. The van der Waals surface area contributed by atoms with Gasteiger partial charge in [-0.3, -0.25) is 4.99 Å². The van der Waals surface area contributed by atoms with Gasteiger partial charge >= 0.3 is 0 Å². The molecule has 0 aromatic carbocycles. The van der Waals surface area contributed by atoms with E-state index in [1.165, 1.54) is 6.42 Å². The summed E-state index contributed by atoms with van der Waals surface area (Å²) in [7, 11) is 0. The summed E-state index contributed by atoms with van der Waals surface area (Å²) in [5.74, 6) is 0. The third-order valence-electron chi connectivity index (χ3n) is 3.19. The minimum absolute atomic E-state index is 0.380. The van der Waals surface area contributed by atoms with Crippen LogP contribution in [-0.4, -0.2) is 35.4 Å². The molecule has 0 saturated heterocycles. The van der Waals surface area contributed by atoms with Crippen molar-refractivity contribution in [3.8, 4) is 0 Å². The van der Waals surface area contributed by atoms with Gasteiger partial charge in [-0.2, -0.15) is 0 Å². The molecule has 0 spiro atoms. The summed E-state index contributed by atoms with van der Waals surface area (Å²) in [6, 6.07) is 2.07. The smallest absolute Gasteiger partial charge is 0.0859 e. The van der Waals surface area contributed by atoms with Crippen LogP contribution in [0.4, 0.5) is 0 Å². The van der Waals surface area contributed by atoms with Crippen LogP contribution >= 0.6 is 0 Å². The SMILES string of the molecule is CC(C)N1C=NC2CC(N)CCC21. The highest BCUT2D eigenvalue weighted by Crippen LogP contribution is 2.29. The molecule has 1 aliphatic carbocycles. The molecule has 0 radical (unpaired) electrons. The molecule has 0 bridgehead atoms. The van der Waals surface area contributed by atoms with Crippen LogP contribution in [0.25, 0.3) is 0 Å². The van der Waals surface area contributed by atoms with E-state index in [2.05, 4.69) is 23.7 Å². The maximum Gasteiger partial charge on any atom is 0.0859 e. The normalized spacial score (nSPS) is 38.5. The Morgan fingerprint density at radius 2 is 2.23 bits per heavy atom. The molecule has 2 aliphatic rings. The van der Waals surface area contributed by atoms with Crippen LogP contribution in [0.5, 0.6) is 0 Å². The van der Waals surface area contributed by atoms with Gasteiger partial charge in [0.15, 0.2) is 0 Å². The first-order chi connectivity index (χ1) is 6.18. The van der Waals surface area contributed by atoms with Crippen LogP contribution in [-0.2, 0) is 0 Å². The Bertz CT molecular complexity index is 212. The number of fused-ring (bicyclic) bond motifs is 1. The van der Waals surface area contributed by atoms with E-state index < -0.39 is 0 Å². The molecule has 13 heavy (non-hydrogen) atoms. The molecule has 1 heterocycles. The van der Waals surface area contributed by atoms with E-state index in [9.17, 15) is 0 Å². The zero-order valence-corrected chi connectivity index (χ0v) is 8.48. The van der Waals surface area contributed by atoms with E-state index in [1.54, 1.807) is 0 Å². The Balaban J connectivity index is 2.04. The average Bonchev–Trinajstić information content (AvgIpc) is 2.46. The van der Waals surface area contributed by atoms with Gasteiger partial charge < -0.3 is 10.6 Å². The van der Waals surface area contributed by atoms with Gasteiger partial charge in [-0.1, -0.05) is 0 Å². The van der Waals surface area contributed by atoms with E-state index in [1.807, 2.05) is 6.34 Å². The van der Waals surface area contributed by atoms with Crippen molar-refractivity contribution in [3.05, 3.63) is 0 Å². The number of nitrogens with two attached hydrogens (primary N) is 1. The molecular weight excluding hydrogens is 162 g/mol. The highest BCUT2D eigenvalue weighted by molar-refractivity contribution is 5.59. The molecule has 3 heteroatoms. The molecular formula is C10H19N3. The summed E-state index contributed by atoms with van der Waals surface area (Å²) in [4.78, 5) is 6.92. The number of aliphatic imine (C=N–C) groups is 1. The maximum absolute atomic E-state index is 5.92. The molecule has 3 unspecified atom stereocenters. The number of rotatable bonds is 1. The van der Waals surface area contributed by atoms with Crippen LogP contribution in [0.15, 0.2) is 4.99 Å². The lowest BCUT2D eigenvalue weighted by atomic mass is 9.87. The molecule has 3 atom stereocenters. The first-order valence-electron chi connectivity index (χ1n) is 5.25. The van der Waals surface area contributed by atoms with Crippen molar-refractivity contribution >= 4 is 6.34 Å². The Hall–Kier alpha value is -0.570. The summed E-state index contributed by atoms with van der Waals surface area (Å²) in [5.41, 5.74) is 5.92. The number of hydrogen-bond donors (Lipinski definition) is 1. The Morgan fingerprint density at radius 1 is 1.46 bits per heavy atom. The topological polar surface area (TPSA) is 41.6 Å². The van der Waals surface area contributed by atoms with Crippen molar-refractivity contribution in [1.82, 2.24) is 4.90 Å². The summed E-state index contributed by atoms with van der Waals surface area (Å²) < 4.78 is 0. The minimum atomic E-state index is 0.380. The number of nitrogens with zero attached hydrogens (tertiary/aromatic N) is 2. The molecule has 1 saturated carbocycles. The second-order valence-electron chi connectivity index (χ2n) is 4.51. The van der Waals surface area contributed by atoms with Crippen LogP contribution in [0, 0.1) is 0 Å². The standard InChI is InChI=1S/C10H19N3/c1-7(2)13-6-12-9-5-8(11)3-4-10(9)13/h6-10H,3-5,11H2,1-2H3. The Morgan fingerprint density at radius 3 is 2.92 bits per heavy atom. The highest BCUT2D eigenvalue weighted by Gasteiger charge is 2.36. The van der Waals surface area contributed by atoms with Crippen molar-refractivity contribution in [2.24, 2.45) is 10.7 Å². The van der Waals surface area contributed by atoms with Gasteiger partial charge in [0.1, 0.15) is 0 Å². The summed E-state index contributed by atoms with van der Waals surface area (Å²) in [5, 5.41) is 0. The lowest BCUT2D eigenvalue weighted by Crippen LogP contribution is -2.46. The van der Waals surface area contributed by atoms with Gasteiger partial charge in [0.2, 0.25) is 0 Å².